The standard InChI is InChI=1S/C16H13Cl2NO4/c17-11-3-1-9(13(18)8-11)5-6-23-14-7-10(16(21)22)2-4-12(14)15(19)20/h1-4,7-8H,5-6H2,(H2,19,20)(H,21,22). The van der Waals surface area contributed by atoms with Gasteiger partial charge >= 0.3 is 5.97 Å². The van der Waals surface area contributed by atoms with Gasteiger partial charge in [-0.3, -0.25) is 4.79 Å². The summed E-state index contributed by atoms with van der Waals surface area (Å²) in [6.07, 6.45) is 0.464. The summed E-state index contributed by atoms with van der Waals surface area (Å²) in [7, 11) is 0. The van der Waals surface area contributed by atoms with E-state index in [1.807, 2.05) is 0 Å². The molecule has 0 atom stereocenters. The van der Waals surface area contributed by atoms with Gasteiger partial charge in [-0.1, -0.05) is 29.3 Å². The summed E-state index contributed by atoms with van der Waals surface area (Å²) in [5.74, 6) is -1.68. The predicted octanol–water partition coefficient (Wildman–Crippen LogP) is 3.41. The molecule has 2 aromatic carbocycles. The number of carboxylic acids is 1. The highest BCUT2D eigenvalue weighted by Gasteiger charge is 2.13. The van der Waals surface area contributed by atoms with Crippen LogP contribution in [0.3, 0.4) is 0 Å². The van der Waals surface area contributed by atoms with E-state index in [1.165, 1.54) is 18.2 Å². The van der Waals surface area contributed by atoms with Crippen LogP contribution in [0.2, 0.25) is 10.0 Å². The normalized spacial score (nSPS) is 10.3. The minimum absolute atomic E-state index is 0.00882. The molecule has 2 rings (SSSR count). The maximum absolute atomic E-state index is 11.4. The first kappa shape index (κ1) is 17.1. The van der Waals surface area contributed by atoms with E-state index in [-0.39, 0.29) is 23.5 Å². The van der Waals surface area contributed by atoms with Gasteiger partial charge in [-0.15, -0.1) is 0 Å². The molecule has 0 spiro atoms. The number of carboxylic acid groups (broad SMARTS) is 1. The lowest BCUT2D eigenvalue weighted by molar-refractivity contribution is 0.0695. The molecule has 5 nitrogen and oxygen atoms in total. The van der Waals surface area contributed by atoms with Crippen LogP contribution < -0.4 is 10.5 Å². The number of carbonyl (C=O) groups is 2. The third-order valence-corrected chi connectivity index (χ3v) is 3.73. The number of ether oxygens (including phenoxy) is 1. The molecule has 0 radical (unpaired) electrons. The van der Waals surface area contributed by atoms with E-state index >= 15 is 0 Å². The lowest BCUT2D eigenvalue weighted by Gasteiger charge is -2.11. The zero-order valence-electron chi connectivity index (χ0n) is 11.9. The van der Waals surface area contributed by atoms with Crippen molar-refractivity contribution in [3.8, 4) is 5.75 Å². The molecule has 0 bridgehead atoms. The van der Waals surface area contributed by atoms with Gasteiger partial charge in [0.05, 0.1) is 17.7 Å². The first-order chi connectivity index (χ1) is 10.9. The number of hydrogen-bond donors (Lipinski definition) is 2. The van der Waals surface area contributed by atoms with E-state index < -0.39 is 11.9 Å². The van der Waals surface area contributed by atoms with Crippen molar-refractivity contribution in [3.63, 3.8) is 0 Å². The summed E-state index contributed by atoms with van der Waals surface area (Å²) in [5.41, 5.74) is 6.22. The fourth-order valence-corrected chi connectivity index (χ4v) is 2.48. The maximum Gasteiger partial charge on any atom is 0.335 e. The lowest BCUT2D eigenvalue weighted by atomic mass is 10.1. The highest BCUT2D eigenvalue weighted by molar-refractivity contribution is 6.35. The Morgan fingerprint density at radius 1 is 1.13 bits per heavy atom. The van der Waals surface area contributed by atoms with Gasteiger partial charge in [-0.25, -0.2) is 4.79 Å². The van der Waals surface area contributed by atoms with Crippen molar-refractivity contribution in [1.82, 2.24) is 0 Å². The molecule has 0 fully saturated rings. The maximum atomic E-state index is 11.4. The molecule has 0 saturated heterocycles. The number of primary amides is 1. The van der Waals surface area contributed by atoms with Gasteiger partial charge in [-0.05, 0) is 35.9 Å². The van der Waals surface area contributed by atoms with Crippen LogP contribution in [0.25, 0.3) is 0 Å². The van der Waals surface area contributed by atoms with E-state index in [0.717, 1.165) is 5.56 Å². The highest BCUT2D eigenvalue weighted by Crippen LogP contribution is 2.23. The first-order valence-electron chi connectivity index (χ1n) is 6.62. The zero-order valence-corrected chi connectivity index (χ0v) is 13.4. The van der Waals surface area contributed by atoms with E-state index in [1.54, 1.807) is 18.2 Å². The van der Waals surface area contributed by atoms with Crippen molar-refractivity contribution in [3.05, 3.63) is 63.1 Å². The molecular formula is C16H13Cl2NO4. The monoisotopic (exact) mass is 353 g/mol. The SMILES string of the molecule is NC(=O)c1ccc(C(=O)O)cc1OCCc1ccc(Cl)cc1Cl. The molecule has 0 aliphatic heterocycles. The van der Waals surface area contributed by atoms with Gasteiger partial charge in [0.25, 0.3) is 5.91 Å². The summed E-state index contributed by atoms with van der Waals surface area (Å²) in [6.45, 7) is 0.199. The van der Waals surface area contributed by atoms with Gasteiger partial charge in [0, 0.05) is 16.5 Å². The Bertz CT molecular complexity index is 762. The Morgan fingerprint density at radius 3 is 2.48 bits per heavy atom. The number of hydrogen-bond acceptors (Lipinski definition) is 3. The van der Waals surface area contributed by atoms with Crippen molar-refractivity contribution in [1.29, 1.82) is 0 Å². The van der Waals surface area contributed by atoms with Crippen LogP contribution in [0, 0.1) is 0 Å². The molecule has 3 N–H and O–H groups in total. The molecule has 0 unspecified atom stereocenters. The third-order valence-electron chi connectivity index (χ3n) is 3.14. The molecule has 23 heavy (non-hydrogen) atoms. The van der Waals surface area contributed by atoms with Crippen molar-refractivity contribution in [2.75, 3.05) is 6.61 Å². The molecule has 0 saturated carbocycles. The molecule has 1 amide bonds. The fraction of sp³-hybridized carbons (Fsp3) is 0.125. The van der Waals surface area contributed by atoms with Gasteiger partial charge in [0.15, 0.2) is 0 Å². The van der Waals surface area contributed by atoms with Crippen molar-refractivity contribution in [2.45, 2.75) is 6.42 Å². The van der Waals surface area contributed by atoms with E-state index in [4.69, 9.17) is 38.8 Å². The van der Waals surface area contributed by atoms with Crippen LogP contribution in [0.4, 0.5) is 0 Å². The van der Waals surface area contributed by atoms with Gasteiger partial charge in [0.2, 0.25) is 0 Å². The van der Waals surface area contributed by atoms with E-state index in [0.29, 0.717) is 16.5 Å². The Hall–Kier alpha value is -2.24. The quantitative estimate of drug-likeness (QED) is 0.832. The van der Waals surface area contributed by atoms with E-state index in [2.05, 4.69) is 0 Å². The summed E-state index contributed by atoms with van der Waals surface area (Å²) in [6, 6.07) is 9.01. The Kier molecular flexibility index (Phi) is 5.47. The summed E-state index contributed by atoms with van der Waals surface area (Å²) in [5, 5.41) is 10.0. The Morgan fingerprint density at radius 2 is 1.87 bits per heavy atom. The molecule has 7 heteroatoms. The van der Waals surface area contributed by atoms with Crippen molar-refractivity contribution in [2.24, 2.45) is 5.73 Å². The molecule has 120 valence electrons. The number of rotatable bonds is 6. The molecular weight excluding hydrogens is 341 g/mol. The Labute approximate surface area is 142 Å². The molecule has 0 aliphatic carbocycles. The largest absolute Gasteiger partial charge is 0.492 e. The minimum Gasteiger partial charge on any atom is -0.492 e. The first-order valence-corrected chi connectivity index (χ1v) is 7.38. The second-order valence-corrected chi connectivity index (χ2v) is 5.56. The average Bonchev–Trinajstić information content (AvgIpc) is 2.49. The smallest absolute Gasteiger partial charge is 0.335 e. The zero-order chi connectivity index (χ0) is 17.0. The molecule has 0 aromatic heterocycles. The second-order valence-electron chi connectivity index (χ2n) is 4.71. The Balaban J connectivity index is 2.14. The van der Waals surface area contributed by atoms with Crippen LogP contribution >= 0.6 is 23.2 Å². The van der Waals surface area contributed by atoms with Crippen molar-refractivity contribution < 1.29 is 19.4 Å². The van der Waals surface area contributed by atoms with Crippen LogP contribution in [0.1, 0.15) is 26.3 Å². The molecule has 0 aliphatic rings. The van der Waals surface area contributed by atoms with Gasteiger partial charge in [-0.2, -0.15) is 0 Å². The lowest BCUT2D eigenvalue weighted by Crippen LogP contribution is -2.14. The number of aromatic carboxylic acids is 1. The average molecular weight is 354 g/mol. The summed E-state index contributed by atoms with van der Waals surface area (Å²) in [4.78, 5) is 22.4. The number of amides is 1. The van der Waals surface area contributed by atoms with Crippen molar-refractivity contribution >= 4 is 35.1 Å². The predicted molar refractivity (Wildman–Crippen MR) is 87.6 cm³/mol. The number of carbonyl (C=O) groups excluding carboxylic acids is 1. The van der Waals surface area contributed by atoms with Gasteiger partial charge < -0.3 is 15.6 Å². The third kappa shape index (κ3) is 4.37. The molecule has 2 aromatic rings. The van der Waals surface area contributed by atoms with E-state index in [9.17, 15) is 9.59 Å². The summed E-state index contributed by atoms with van der Waals surface area (Å²) < 4.78 is 5.52. The summed E-state index contributed by atoms with van der Waals surface area (Å²) >= 11 is 11.9. The topological polar surface area (TPSA) is 89.6 Å². The minimum atomic E-state index is -1.12. The van der Waals surface area contributed by atoms with Crippen LogP contribution in [0.5, 0.6) is 5.75 Å². The highest BCUT2D eigenvalue weighted by atomic mass is 35.5. The fourth-order valence-electron chi connectivity index (χ4n) is 1.97. The number of halogens is 2. The van der Waals surface area contributed by atoms with Crippen LogP contribution in [-0.2, 0) is 6.42 Å². The number of nitrogens with two attached hydrogens (primary N) is 1. The van der Waals surface area contributed by atoms with Crippen LogP contribution in [0.15, 0.2) is 36.4 Å². The van der Waals surface area contributed by atoms with Crippen LogP contribution in [-0.4, -0.2) is 23.6 Å². The second kappa shape index (κ2) is 7.35. The molecule has 0 heterocycles. The number of benzene rings is 2. The van der Waals surface area contributed by atoms with Gasteiger partial charge in [0.1, 0.15) is 5.75 Å².